The van der Waals surface area contributed by atoms with Crippen LogP contribution in [0.15, 0.2) is 84.9 Å². The minimum absolute atomic E-state index is 0.0548. The average Bonchev–Trinajstić information content (AvgIpc) is 2.89. The van der Waals surface area contributed by atoms with Crippen molar-refractivity contribution < 1.29 is 15.0 Å². The molecule has 3 aromatic rings. The number of nitrogens with zero attached hydrogens (tertiary/aromatic N) is 2. The molecule has 5 nitrogen and oxygen atoms in total. The molecule has 1 aliphatic heterocycles. The Morgan fingerprint density at radius 2 is 1.51 bits per heavy atom. The van der Waals surface area contributed by atoms with Gasteiger partial charge in [0.05, 0.1) is 11.7 Å². The number of benzene rings is 3. The van der Waals surface area contributed by atoms with Crippen molar-refractivity contribution in [2.75, 3.05) is 33.2 Å². The lowest BCUT2D eigenvalue weighted by atomic mass is 9.84. The Morgan fingerprint density at radius 1 is 0.943 bits per heavy atom. The molecule has 2 atom stereocenters. The topological polar surface area (TPSA) is 64.0 Å². The van der Waals surface area contributed by atoms with Gasteiger partial charge in [0.2, 0.25) is 0 Å². The van der Waals surface area contributed by atoms with Gasteiger partial charge in [-0.05, 0) is 43.0 Å². The second kappa shape index (κ2) is 11.2. The third kappa shape index (κ3) is 6.17. The average molecular weight is 473 g/mol. The number of aryl methyl sites for hydroxylation is 1. The van der Waals surface area contributed by atoms with Gasteiger partial charge in [0.25, 0.3) is 5.91 Å². The molecule has 0 aromatic heterocycles. The molecule has 1 saturated heterocycles. The van der Waals surface area contributed by atoms with Crippen molar-refractivity contribution in [1.82, 2.24) is 9.80 Å². The van der Waals surface area contributed by atoms with Crippen molar-refractivity contribution >= 4 is 5.91 Å². The van der Waals surface area contributed by atoms with Crippen LogP contribution in [0.1, 0.15) is 45.8 Å². The van der Waals surface area contributed by atoms with Crippen LogP contribution in [-0.2, 0) is 5.60 Å². The Morgan fingerprint density at radius 3 is 2.11 bits per heavy atom. The number of amides is 1. The summed E-state index contributed by atoms with van der Waals surface area (Å²) in [6.07, 6.45) is 0.614. The lowest BCUT2D eigenvalue weighted by Crippen LogP contribution is -2.47. The maximum Gasteiger partial charge on any atom is 0.253 e. The van der Waals surface area contributed by atoms with Gasteiger partial charge in [-0.3, -0.25) is 4.79 Å². The molecule has 0 radical (unpaired) electrons. The van der Waals surface area contributed by atoms with Crippen LogP contribution in [-0.4, -0.2) is 65.3 Å². The second-order valence-corrected chi connectivity index (χ2v) is 9.83. The summed E-state index contributed by atoms with van der Waals surface area (Å²) in [4.78, 5) is 16.9. The Kier molecular flexibility index (Phi) is 8.01. The van der Waals surface area contributed by atoms with Crippen molar-refractivity contribution in [1.29, 1.82) is 0 Å². The number of rotatable bonds is 8. The monoisotopic (exact) mass is 472 g/mol. The lowest BCUT2D eigenvalue weighted by molar-refractivity contribution is -0.0367. The van der Waals surface area contributed by atoms with E-state index in [-0.39, 0.29) is 11.8 Å². The van der Waals surface area contributed by atoms with Crippen LogP contribution in [0.25, 0.3) is 0 Å². The van der Waals surface area contributed by atoms with E-state index in [2.05, 4.69) is 29.2 Å². The molecule has 1 fully saturated rings. The van der Waals surface area contributed by atoms with Crippen LogP contribution in [0.2, 0.25) is 0 Å². The van der Waals surface area contributed by atoms with Gasteiger partial charge < -0.3 is 20.0 Å². The zero-order chi connectivity index (χ0) is 24.8. The van der Waals surface area contributed by atoms with Crippen molar-refractivity contribution in [2.45, 2.75) is 37.4 Å². The Hall–Kier alpha value is -2.99. The zero-order valence-corrected chi connectivity index (χ0v) is 20.7. The molecular weight excluding hydrogens is 436 g/mol. The van der Waals surface area contributed by atoms with E-state index in [1.165, 1.54) is 0 Å². The van der Waals surface area contributed by atoms with Gasteiger partial charge in [-0.15, -0.1) is 0 Å². The lowest BCUT2D eigenvalue weighted by Gasteiger charge is -2.40. The molecule has 3 aromatic carbocycles. The summed E-state index contributed by atoms with van der Waals surface area (Å²) in [6, 6.07) is 27.3. The third-order valence-electron chi connectivity index (χ3n) is 7.25. The van der Waals surface area contributed by atoms with Crippen molar-refractivity contribution in [3.63, 3.8) is 0 Å². The van der Waals surface area contributed by atoms with Crippen LogP contribution < -0.4 is 0 Å². The van der Waals surface area contributed by atoms with E-state index in [0.717, 1.165) is 16.7 Å². The maximum atomic E-state index is 13.0. The number of likely N-dealkylation sites (N-methyl/N-ethyl adjacent to an activating group) is 1. The quantitative estimate of drug-likeness (QED) is 0.516. The maximum absolute atomic E-state index is 13.0. The van der Waals surface area contributed by atoms with Crippen molar-refractivity contribution in [3.8, 4) is 0 Å². The highest BCUT2D eigenvalue weighted by atomic mass is 16.3. The summed E-state index contributed by atoms with van der Waals surface area (Å²) in [6.45, 7) is 4.38. The summed E-state index contributed by atoms with van der Waals surface area (Å²) in [5.74, 6) is -0.274. The first kappa shape index (κ1) is 25.1. The van der Waals surface area contributed by atoms with E-state index in [0.29, 0.717) is 44.6 Å². The fourth-order valence-electron chi connectivity index (χ4n) is 4.98. The molecule has 0 bridgehead atoms. The predicted octanol–water partition coefficient (Wildman–Crippen LogP) is 4.20. The Balaban J connectivity index is 1.44. The number of hydrogen-bond acceptors (Lipinski definition) is 4. The molecule has 4 rings (SSSR count). The summed E-state index contributed by atoms with van der Waals surface area (Å²) in [5.41, 5.74) is 2.96. The first-order valence-electron chi connectivity index (χ1n) is 12.4. The first-order chi connectivity index (χ1) is 16.9. The van der Waals surface area contributed by atoms with Gasteiger partial charge in [0, 0.05) is 44.7 Å². The molecule has 2 unspecified atom stereocenters. The van der Waals surface area contributed by atoms with Crippen LogP contribution >= 0.6 is 0 Å². The number of carbonyl (C=O) groups excluding carboxylic acids is 1. The highest BCUT2D eigenvalue weighted by Gasteiger charge is 2.35. The van der Waals surface area contributed by atoms with E-state index in [1.54, 1.807) is 11.9 Å². The van der Waals surface area contributed by atoms with Crippen molar-refractivity contribution in [2.24, 2.45) is 0 Å². The summed E-state index contributed by atoms with van der Waals surface area (Å²) in [7, 11) is 1.80. The smallest absolute Gasteiger partial charge is 0.253 e. The van der Waals surface area contributed by atoms with Gasteiger partial charge >= 0.3 is 0 Å². The molecule has 0 spiro atoms. The SMILES string of the molecule is Cc1ccc(C(CN(C)C(=O)c2ccccc2)C(O)CN2CCC(O)(c3ccccc3)CC2)cc1. The van der Waals surface area contributed by atoms with E-state index >= 15 is 0 Å². The van der Waals surface area contributed by atoms with Crippen molar-refractivity contribution in [3.05, 3.63) is 107 Å². The molecular formula is C30H36N2O3. The standard InChI is InChI=1S/C30H36N2O3/c1-23-13-15-24(16-14-23)27(21-31(2)29(34)25-9-5-3-6-10-25)28(33)22-32-19-17-30(35,18-20-32)26-11-7-4-8-12-26/h3-16,27-28,33,35H,17-22H2,1-2H3. The number of piperidine rings is 1. The summed E-state index contributed by atoms with van der Waals surface area (Å²) in [5, 5.41) is 22.6. The Labute approximate surface area is 208 Å². The largest absolute Gasteiger partial charge is 0.391 e. The minimum atomic E-state index is -0.818. The third-order valence-corrected chi connectivity index (χ3v) is 7.25. The number of aliphatic hydroxyl groups is 2. The molecule has 1 aliphatic rings. The second-order valence-electron chi connectivity index (χ2n) is 9.83. The Bertz CT molecular complexity index is 1080. The van der Waals surface area contributed by atoms with Gasteiger partial charge in [0.15, 0.2) is 0 Å². The number of aliphatic hydroxyl groups excluding tert-OH is 1. The molecule has 1 heterocycles. The van der Waals surface area contributed by atoms with E-state index in [1.807, 2.05) is 67.6 Å². The summed E-state index contributed by atoms with van der Waals surface area (Å²) >= 11 is 0. The van der Waals surface area contributed by atoms with Crippen LogP contribution in [0, 0.1) is 6.92 Å². The fraction of sp³-hybridized carbons (Fsp3) is 0.367. The highest BCUT2D eigenvalue weighted by molar-refractivity contribution is 5.94. The van der Waals surface area contributed by atoms with E-state index < -0.39 is 11.7 Å². The molecule has 0 aliphatic carbocycles. The molecule has 35 heavy (non-hydrogen) atoms. The number of carbonyl (C=O) groups is 1. The number of β-amino-alcohol motifs (C(OH)–C–C–N with tert-alkyl or cyclic N) is 1. The van der Waals surface area contributed by atoms with E-state index in [4.69, 9.17) is 0 Å². The van der Waals surface area contributed by atoms with Gasteiger partial charge in [-0.25, -0.2) is 0 Å². The van der Waals surface area contributed by atoms with E-state index in [9.17, 15) is 15.0 Å². The number of likely N-dealkylation sites (tertiary alicyclic amines) is 1. The van der Waals surface area contributed by atoms with Crippen LogP contribution in [0.4, 0.5) is 0 Å². The van der Waals surface area contributed by atoms with Gasteiger partial charge in [0.1, 0.15) is 0 Å². The normalized spacial score (nSPS) is 17.5. The van der Waals surface area contributed by atoms with Crippen LogP contribution in [0.5, 0.6) is 0 Å². The molecule has 5 heteroatoms. The first-order valence-corrected chi connectivity index (χ1v) is 12.4. The predicted molar refractivity (Wildman–Crippen MR) is 139 cm³/mol. The number of hydrogen-bond donors (Lipinski definition) is 2. The summed E-state index contributed by atoms with van der Waals surface area (Å²) < 4.78 is 0. The van der Waals surface area contributed by atoms with Gasteiger partial charge in [-0.1, -0.05) is 78.4 Å². The van der Waals surface area contributed by atoms with Gasteiger partial charge in [-0.2, -0.15) is 0 Å². The molecule has 184 valence electrons. The highest BCUT2D eigenvalue weighted by Crippen LogP contribution is 2.33. The fourth-order valence-corrected chi connectivity index (χ4v) is 4.98. The molecule has 1 amide bonds. The zero-order valence-electron chi connectivity index (χ0n) is 20.7. The molecule has 2 N–H and O–H groups in total. The van der Waals surface area contributed by atoms with Crippen LogP contribution in [0.3, 0.4) is 0 Å². The molecule has 0 saturated carbocycles. The minimum Gasteiger partial charge on any atom is -0.391 e.